The molecule has 0 aliphatic heterocycles. The van der Waals surface area contributed by atoms with Crippen molar-refractivity contribution in [2.24, 2.45) is 0 Å². The molecule has 0 saturated carbocycles. The number of nitrogens with zero attached hydrogens (tertiary/aromatic N) is 1. The largest absolute Gasteiger partial charge is 0.373 e. The number of hydrogen-bond acceptors (Lipinski definition) is 4. The molecule has 0 aliphatic rings. The van der Waals surface area contributed by atoms with Crippen molar-refractivity contribution in [2.45, 2.75) is 39.5 Å². The van der Waals surface area contributed by atoms with Gasteiger partial charge in [0.15, 0.2) is 0 Å². The third-order valence-corrected chi connectivity index (χ3v) is 2.28. The molecular formula is C14H24N2O2. The van der Waals surface area contributed by atoms with E-state index in [0.29, 0.717) is 19.8 Å². The van der Waals surface area contributed by atoms with Crippen LogP contribution in [0.2, 0.25) is 0 Å². The van der Waals surface area contributed by atoms with Crippen LogP contribution in [0.3, 0.4) is 0 Å². The molecule has 1 aromatic heterocycles. The molecule has 4 heteroatoms. The number of nitrogens with one attached hydrogen (secondary N) is 1. The van der Waals surface area contributed by atoms with Gasteiger partial charge in [-0.2, -0.15) is 0 Å². The smallest absolute Gasteiger partial charge is 0.0889 e. The van der Waals surface area contributed by atoms with Crippen LogP contribution < -0.4 is 5.32 Å². The molecule has 0 atom stereocenters. The van der Waals surface area contributed by atoms with Crippen LogP contribution in [0, 0.1) is 0 Å². The zero-order valence-corrected chi connectivity index (χ0v) is 11.8. The maximum atomic E-state index is 5.56. The molecule has 0 amide bonds. The summed E-state index contributed by atoms with van der Waals surface area (Å²) < 4.78 is 11.1. The molecule has 102 valence electrons. The lowest BCUT2D eigenvalue weighted by molar-refractivity contribution is -0.0380. The highest BCUT2D eigenvalue weighted by Crippen LogP contribution is 2.06. The fourth-order valence-electron chi connectivity index (χ4n) is 1.43. The second kappa shape index (κ2) is 7.46. The van der Waals surface area contributed by atoms with Crippen LogP contribution in [0.5, 0.6) is 0 Å². The van der Waals surface area contributed by atoms with Crippen molar-refractivity contribution in [3.05, 3.63) is 29.6 Å². The second-order valence-electron chi connectivity index (χ2n) is 5.20. The Morgan fingerprint density at radius 3 is 2.56 bits per heavy atom. The normalized spacial score (nSPS) is 11.8. The number of ether oxygens (including phenoxy) is 2. The zero-order chi connectivity index (χ0) is 13.4. The summed E-state index contributed by atoms with van der Waals surface area (Å²) in [4.78, 5) is 4.34. The molecule has 4 nitrogen and oxygen atoms in total. The minimum absolute atomic E-state index is 0.101. The van der Waals surface area contributed by atoms with E-state index < -0.39 is 0 Å². The average Bonchev–Trinajstić information content (AvgIpc) is 2.30. The maximum absolute atomic E-state index is 5.56. The van der Waals surface area contributed by atoms with Gasteiger partial charge in [0, 0.05) is 12.7 Å². The Bertz CT molecular complexity index is 331. The van der Waals surface area contributed by atoms with Gasteiger partial charge >= 0.3 is 0 Å². The van der Waals surface area contributed by atoms with Crippen molar-refractivity contribution in [3.8, 4) is 0 Å². The summed E-state index contributed by atoms with van der Waals surface area (Å²) >= 11 is 0. The summed E-state index contributed by atoms with van der Waals surface area (Å²) in [6, 6.07) is 4.06. The fraction of sp³-hybridized carbons (Fsp3) is 0.643. The van der Waals surface area contributed by atoms with Gasteiger partial charge in [-0.05, 0) is 39.4 Å². The van der Waals surface area contributed by atoms with E-state index in [2.05, 4.69) is 16.4 Å². The van der Waals surface area contributed by atoms with Crippen molar-refractivity contribution in [1.29, 1.82) is 0 Å². The Morgan fingerprint density at radius 2 is 2.00 bits per heavy atom. The Kier molecular flexibility index (Phi) is 6.25. The van der Waals surface area contributed by atoms with E-state index in [-0.39, 0.29) is 5.60 Å². The first-order chi connectivity index (χ1) is 8.51. The molecule has 0 saturated heterocycles. The summed E-state index contributed by atoms with van der Waals surface area (Å²) in [5.74, 6) is 0. The van der Waals surface area contributed by atoms with Crippen molar-refractivity contribution in [3.63, 3.8) is 0 Å². The molecule has 0 unspecified atom stereocenters. The molecule has 0 fully saturated rings. The van der Waals surface area contributed by atoms with Crippen molar-refractivity contribution in [1.82, 2.24) is 10.3 Å². The summed E-state index contributed by atoms with van der Waals surface area (Å²) in [7, 11) is 1.92. The van der Waals surface area contributed by atoms with E-state index >= 15 is 0 Å². The van der Waals surface area contributed by atoms with Crippen molar-refractivity contribution in [2.75, 3.05) is 20.3 Å². The lowest BCUT2D eigenvalue weighted by Gasteiger charge is -2.19. The predicted molar refractivity (Wildman–Crippen MR) is 72.4 cm³/mol. The molecule has 18 heavy (non-hydrogen) atoms. The van der Waals surface area contributed by atoms with Crippen LogP contribution in [0.1, 0.15) is 32.0 Å². The van der Waals surface area contributed by atoms with Gasteiger partial charge in [0.1, 0.15) is 0 Å². The second-order valence-corrected chi connectivity index (χ2v) is 5.20. The minimum Gasteiger partial charge on any atom is -0.373 e. The predicted octanol–water partition coefficient (Wildman–Crippen LogP) is 2.13. The van der Waals surface area contributed by atoms with Crippen LogP contribution in [0.4, 0.5) is 0 Å². The van der Waals surface area contributed by atoms with Gasteiger partial charge in [-0.15, -0.1) is 0 Å². The summed E-state index contributed by atoms with van der Waals surface area (Å²) in [6.07, 6.45) is 1.88. The van der Waals surface area contributed by atoms with Gasteiger partial charge in [-0.1, -0.05) is 6.07 Å². The topological polar surface area (TPSA) is 43.4 Å². The summed E-state index contributed by atoms with van der Waals surface area (Å²) in [5, 5.41) is 3.09. The third kappa shape index (κ3) is 6.69. The van der Waals surface area contributed by atoms with E-state index in [0.717, 1.165) is 12.2 Å². The van der Waals surface area contributed by atoms with E-state index in [4.69, 9.17) is 9.47 Å². The van der Waals surface area contributed by atoms with Crippen molar-refractivity contribution >= 4 is 0 Å². The zero-order valence-electron chi connectivity index (χ0n) is 11.8. The maximum Gasteiger partial charge on any atom is 0.0889 e. The Hall–Kier alpha value is -0.970. The van der Waals surface area contributed by atoms with Crippen LogP contribution in [-0.2, 0) is 22.6 Å². The standard InChI is InChI=1S/C14H24N2O2/c1-14(2,3)18-8-7-17-11-13-6-5-12(9-15-4)10-16-13/h5-6,10,15H,7-9,11H2,1-4H3. The number of pyridine rings is 1. The van der Waals surface area contributed by atoms with E-state index in [1.54, 1.807) is 0 Å². The van der Waals surface area contributed by atoms with Gasteiger partial charge in [0.2, 0.25) is 0 Å². The van der Waals surface area contributed by atoms with Crippen LogP contribution in [0.25, 0.3) is 0 Å². The van der Waals surface area contributed by atoms with Gasteiger partial charge in [0.25, 0.3) is 0 Å². The van der Waals surface area contributed by atoms with E-state index in [9.17, 15) is 0 Å². The van der Waals surface area contributed by atoms with Crippen LogP contribution in [0.15, 0.2) is 18.3 Å². The number of rotatable bonds is 7. The molecule has 1 aromatic rings. The molecule has 0 aliphatic carbocycles. The quantitative estimate of drug-likeness (QED) is 0.755. The van der Waals surface area contributed by atoms with Gasteiger partial charge in [0.05, 0.1) is 31.1 Å². The third-order valence-electron chi connectivity index (χ3n) is 2.28. The fourth-order valence-corrected chi connectivity index (χ4v) is 1.43. The Morgan fingerprint density at radius 1 is 1.22 bits per heavy atom. The molecule has 1 N–H and O–H groups in total. The lowest BCUT2D eigenvalue weighted by atomic mass is 10.2. The van der Waals surface area contributed by atoms with E-state index in [1.807, 2.05) is 40.1 Å². The van der Waals surface area contributed by atoms with Gasteiger partial charge < -0.3 is 14.8 Å². The molecule has 0 bridgehead atoms. The minimum atomic E-state index is -0.101. The average molecular weight is 252 g/mol. The molecular weight excluding hydrogens is 228 g/mol. The van der Waals surface area contributed by atoms with Gasteiger partial charge in [-0.3, -0.25) is 4.98 Å². The molecule has 0 spiro atoms. The summed E-state index contributed by atoms with van der Waals surface area (Å²) in [6.45, 7) is 8.69. The van der Waals surface area contributed by atoms with Crippen LogP contribution in [-0.4, -0.2) is 30.8 Å². The highest BCUT2D eigenvalue weighted by Gasteiger charge is 2.08. The first kappa shape index (κ1) is 15.1. The Labute approximate surface area is 110 Å². The highest BCUT2D eigenvalue weighted by molar-refractivity contribution is 5.13. The monoisotopic (exact) mass is 252 g/mol. The lowest BCUT2D eigenvalue weighted by Crippen LogP contribution is -2.21. The highest BCUT2D eigenvalue weighted by atomic mass is 16.5. The SMILES string of the molecule is CNCc1ccc(COCCOC(C)(C)C)nc1. The molecule has 1 heterocycles. The molecule has 0 radical (unpaired) electrons. The van der Waals surface area contributed by atoms with Crippen molar-refractivity contribution < 1.29 is 9.47 Å². The number of hydrogen-bond donors (Lipinski definition) is 1. The van der Waals surface area contributed by atoms with Gasteiger partial charge in [-0.25, -0.2) is 0 Å². The first-order valence-corrected chi connectivity index (χ1v) is 6.31. The van der Waals surface area contributed by atoms with E-state index in [1.165, 1.54) is 5.56 Å². The van der Waals surface area contributed by atoms with Crippen LogP contribution >= 0.6 is 0 Å². The molecule has 0 aromatic carbocycles. The molecule has 1 rings (SSSR count). The number of aromatic nitrogens is 1. The Balaban J connectivity index is 2.19. The summed E-state index contributed by atoms with van der Waals surface area (Å²) in [5.41, 5.74) is 2.03. The first-order valence-electron chi connectivity index (χ1n) is 6.31.